The zero-order valence-corrected chi connectivity index (χ0v) is 10.5. The van der Waals surface area contributed by atoms with E-state index in [1.165, 1.54) is 7.11 Å². The van der Waals surface area contributed by atoms with Crippen molar-refractivity contribution in [1.82, 2.24) is 5.32 Å². The number of amides is 1. The normalized spacial score (nSPS) is 17.0. The lowest BCUT2D eigenvalue weighted by atomic mass is 9.92. The second-order valence-corrected chi connectivity index (χ2v) is 4.25. The number of ether oxygens (including phenoxy) is 2. The molecule has 6 nitrogen and oxygen atoms in total. The molecule has 0 unspecified atom stereocenters. The van der Waals surface area contributed by atoms with Gasteiger partial charge in [0, 0.05) is 12.1 Å². The average Bonchev–Trinajstić information content (AvgIpc) is 2.43. The Balaban J connectivity index is 2.18. The molecule has 2 rings (SSSR count). The molecule has 0 bridgehead atoms. The summed E-state index contributed by atoms with van der Waals surface area (Å²) in [4.78, 5) is 22.2. The van der Waals surface area contributed by atoms with E-state index in [-0.39, 0.29) is 6.54 Å². The highest BCUT2D eigenvalue weighted by Gasteiger charge is 2.27. The molecule has 2 N–H and O–H groups in total. The first-order valence-electron chi connectivity index (χ1n) is 5.92. The summed E-state index contributed by atoms with van der Waals surface area (Å²) in [5, 5.41) is 11.7. The fourth-order valence-corrected chi connectivity index (χ4v) is 2.06. The van der Waals surface area contributed by atoms with Crippen molar-refractivity contribution in [2.45, 2.75) is 18.9 Å². The largest absolute Gasteiger partial charge is 0.493 e. The molecular formula is C13H15NO5. The third-order valence-electron chi connectivity index (χ3n) is 3.03. The maximum Gasteiger partial charge on any atom is 0.407 e. The van der Waals surface area contributed by atoms with Gasteiger partial charge < -0.3 is 19.9 Å². The minimum Gasteiger partial charge on any atom is -0.493 e. The van der Waals surface area contributed by atoms with E-state index in [4.69, 9.17) is 4.74 Å². The number of methoxy groups -OCH3 is 1. The molecule has 0 saturated heterocycles. The van der Waals surface area contributed by atoms with Gasteiger partial charge >= 0.3 is 12.1 Å². The summed E-state index contributed by atoms with van der Waals surface area (Å²) in [7, 11) is 1.29. The number of hydrogen-bond acceptors (Lipinski definition) is 4. The molecule has 102 valence electrons. The highest BCUT2D eigenvalue weighted by atomic mass is 16.5. The van der Waals surface area contributed by atoms with Gasteiger partial charge in [-0.1, -0.05) is 6.07 Å². The smallest absolute Gasteiger partial charge is 0.407 e. The van der Waals surface area contributed by atoms with E-state index in [0.29, 0.717) is 24.3 Å². The predicted molar refractivity (Wildman–Crippen MR) is 66.2 cm³/mol. The zero-order chi connectivity index (χ0) is 13.8. The number of hydrogen-bond donors (Lipinski definition) is 2. The zero-order valence-electron chi connectivity index (χ0n) is 10.5. The Morgan fingerprint density at radius 3 is 3.00 bits per heavy atom. The third kappa shape index (κ3) is 2.96. The summed E-state index contributed by atoms with van der Waals surface area (Å²) in [6.45, 7) is 0.690. The van der Waals surface area contributed by atoms with Crippen molar-refractivity contribution in [3.05, 3.63) is 29.3 Å². The standard InChI is InChI=1S/C13H15NO5/c1-18-13(17)14-7-8-2-3-11-10(6-8)9(12(15)16)4-5-19-11/h2-3,6,9H,4-5,7H2,1H3,(H,14,17)(H,15,16)/t9-/m1/s1. The molecule has 1 aromatic rings. The molecule has 0 saturated carbocycles. The van der Waals surface area contributed by atoms with Crippen LogP contribution in [0, 0.1) is 0 Å². The summed E-state index contributed by atoms with van der Waals surface area (Å²) in [6, 6.07) is 5.28. The molecule has 1 aromatic carbocycles. The van der Waals surface area contributed by atoms with Crippen molar-refractivity contribution in [2.24, 2.45) is 0 Å². The van der Waals surface area contributed by atoms with Gasteiger partial charge in [-0.05, 0) is 24.1 Å². The molecule has 1 atom stereocenters. The van der Waals surface area contributed by atoms with E-state index < -0.39 is 18.0 Å². The van der Waals surface area contributed by atoms with Gasteiger partial charge in [0.15, 0.2) is 0 Å². The lowest BCUT2D eigenvalue weighted by Crippen LogP contribution is -2.24. The van der Waals surface area contributed by atoms with Crippen LogP contribution < -0.4 is 10.1 Å². The fraction of sp³-hybridized carbons (Fsp3) is 0.385. The van der Waals surface area contributed by atoms with E-state index in [1.54, 1.807) is 18.2 Å². The molecule has 1 heterocycles. The molecule has 0 radical (unpaired) electrons. The number of carbonyl (C=O) groups is 2. The van der Waals surface area contributed by atoms with Crippen LogP contribution in [0.15, 0.2) is 18.2 Å². The Labute approximate surface area is 110 Å². The summed E-state index contributed by atoms with van der Waals surface area (Å²) >= 11 is 0. The maximum absolute atomic E-state index is 11.2. The lowest BCUT2D eigenvalue weighted by molar-refractivity contribution is -0.139. The van der Waals surface area contributed by atoms with Crippen LogP contribution in [0.5, 0.6) is 5.75 Å². The molecule has 1 aliphatic heterocycles. The van der Waals surface area contributed by atoms with E-state index in [9.17, 15) is 14.7 Å². The van der Waals surface area contributed by atoms with Crippen LogP contribution in [0.3, 0.4) is 0 Å². The molecule has 19 heavy (non-hydrogen) atoms. The minimum atomic E-state index is -0.859. The lowest BCUT2D eigenvalue weighted by Gasteiger charge is -2.23. The molecule has 1 amide bonds. The van der Waals surface area contributed by atoms with Gasteiger partial charge in [-0.15, -0.1) is 0 Å². The Morgan fingerprint density at radius 2 is 2.32 bits per heavy atom. The van der Waals surface area contributed by atoms with Gasteiger partial charge in [-0.25, -0.2) is 4.79 Å². The first kappa shape index (κ1) is 13.2. The molecule has 6 heteroatoms. The molecule has 0 aliphatic carbocycles. The summed E-state index contributed by atoms with van der Waals surface area (Å²) in [5.74, 6) is -0.815. The van der Waals surface area contributed by atoms with Crippen LogP contribution in [-0.4, -0.2) is 30.9 Å². The molecule has 0 spiro atoms. The van der Waals surface area contributed by atoms with Gasteiger partial charge in [0.05, 0.1) is 19.6 Å². The van der Waals surface area contributed by atoms with Gasteiger partial charge in [0.25, 0.3) is 0 Å². The number of nitrogens with one attached hydrogen (secondary N) is 1. The van der Waals surface area contributed by atoms with Crippen LogP contribution in [0.2, 0.25) is 0 Å². The van der Waals surface area contributed by atoms with Crippen molar-refractivity contribution in [3.8, 4) is 5.75 Å². The van der Waals surface area contributed by atoms with Crippen LogP contribution in [0.1, 0.15) is 23.5 Å². The molecule has 0 fully saturated rings. The highest BCUT2D eigenvalue weighted by molar-refractivity contribution is 5.77. The Kier molecular flexibility index (Phi) is 3.89. The van der Waals surface area contributed by atoms with Gasteiger partial charge in [-0.3, -0.25) is 4.79 Å². The highest BCUT2D eigenvalue weighted by Crippen LogP contribution is 2.34. The Bertz CT molecular complexity index is 500. The number of rotatable bonds is 3. The topological polar surface area (TPSA) is 84.9 Å². The third-order valence-corrected chi connectivity index (χ3v) is 3.03. The van der Waals surface area contributed by atoms with Crippen molar-refractivity contribution in [2.75, 3.05) is 13.7 Å². The first-order chi connectivity index (χ1) is 9.11. The first-order valence-corrected chi connectivity index (χ1v) is 5.92. The second kappa shape index (κ2) is 5.60. The van der Waals surface area contributed by atoms with Crippen molar-refractivity contribution in [3.63, 3.8) is 0 Å². The average molecular weight is 265 g/mol. The van der Waals surface area contributed by atoms with Crippen LogP contribution in [-0.2, 0) is 16.1 Å². The van der Waals surface area contributed by atoms with E-state index in [2.05, 4.69) is 10.1 Å². The van der Waals surface area contributed by atoms with E-state index in [0.717, 1.165) is 5.56 Å². The van der Waals surface area contributed by atoms with Gasteiger partial charge in [0.1, 0.15) is 5.75 Å². The molecular weight excluding hydrogens is 250 g/mol. The number of benzene rings is 1. The maximum atomic E-state index is 11.2. The number of aliphatic carboxylic acids is 1. The van der Waals surface area contributed by atoms with E-state index in [1.807, 2.05) is 0 Å². The monoisotopic (exact) mass is 265 g/mol. The number of fused-ring (bicyclic) bond motifs is 1. The van der Waals surface area contributed by atoms with E-state index >= 15 is 0 Å². The Hall–Kier alpha value is -2.24. The molecule has 0 aromatic heterocycles. The van der Waals surface area contributed by atoms with Crippen LogP contribution >= 0.6 is 0 Å². The van der Waals surface area contributed by atoms with Crippen molar-refractivity contribution < 1.29 is 24.2 Å². The van der Waals surface area contributed by atoms with Crippen molar-refractivity contribution >= 4 is 12.1 Å². The predicted octanol–water partition coefficient (Wildman–Crippen LogP) is 1.49. The fourth-order valence-electron chi connectivity index (χ4n) is 2.06. The molecule has 1 aliphatic rings. The van der Waals surface area contributed by atoms with Gasteiger partial charge in [0.2, 0.25) is 0 Å². The number of carbonyl (C=O) groups excluding carboxylic acids is 1. The SMILES string of the molecule is COC(=O)NCc1ccc2c(c1)[C@H](C(=O)O)CCO2. The second-order valence-electron chi connectivity index (χ2n) is 4.25. The number of alkyl carbamates (subject to hydrolysis) is 1. The minimum absolute atomic E-state index is 0.284. The van der Waals surface area contributed by atoms with Gasteiger partial charge in [-0.2, -0.15) is 0 Å². The summed E-state index contributed by atoms with van der Waals surface area (Å²) < 4.78 is 9.91. The quantitative estimate of drug-likeness (QED) is 0.865. The summed E-state index contributed by atoms with van der Waals surface area (Å²) in [6.07, 6.45) is -0.0697. The van der Waals surface area contributed by atoms with Crippen LogP contribution in [0.4, 0.5) is 4.79 Å². The van der Waals surface area contributed by atoms with Crippen molar-refractivity contribution in [1.29, 1.82) is 0 Å². The Morgan fingerprint density at radius 1 is 1.53 bits per heavy atom. The van der Waals surface area contributed by atoms with Crippen LogP contribution in [0.25, 0.3) is 0 Å². The summed E-state index contributed by atoms with van der Waals surface area (Å²) in [5.41, 5.74) is 1.46. The number of carboxylic acid groups (broad SMARTS) is 1. The number of carboxylic acids is 1.